The highest BCUT2D eigenvalue weighted by atomic mass is 16.5. The molecular weight excluding hydrogens is 240 g/mol. The first kappa shape index (κ1) is 12.5. The predicted molar refractivity (Wildman–Crippen MR) is 73.6 cm³/mol. The minimum atomic E-state index is 0.375. The molecule has 2 bridgehead atoms. The van der Waals surface area contributed by atoms with Gasteiger partial charge in [-0.05, 0) is 32.3 Å². The number of Topliss-reactive ketones (excluding diaryl/α,β-unsaturated/α-hetero) is 1. The Morgan fingerprint density at radius 1 is 1.32 bits per heavy atom. The van der Waals surface area contributed by atoms with Crippen molar-refractivity contribution in [2.24, 2.45) is 0 Å². The van der Waals surface area contributed by atoms with Gasteiger partial charge in [0.25, 0.3) is 0 Å². The lowest BCUT2D eigenvalue weighted by atomic mass is 9.83. The average molecular weight is 260 g/mol. The zero-order valence-electron chi connectivity index (χ0n) is 11.3. The van der Waals surface area contributed by atoms with Crippen LogP contribution in [-0.2, 0) is 4.79 Å². The fourth-order valence-corrected chi connectivity index (χ4v) is 3.36. The number of rotatable bonds is 3. The Balaban J connectivity index is 1.82. The number of pyridine rings is 1. The lowest BCUT2D eigenvalue weighted by Crippen LogP contribution is -2.52. The van der Waals surface area contributed by atoms with E-state index in [9.17, 15) is 4.79 Å². The van der Waals surface area contributed by atoms with Gasteiger partial charge in [-0.1, -0.05) is 0 Å². The summed E-state index contributed by atoms with van der Waals surface area (Å²) in [6, 6.07) is 4.74. The van der Waals surface area contributed by atoms with Crippen LogP contribution in [0.5, 0.6) is 5.88 Å². The SMILES string of the molecule is CCOc1ccc(N2C3CCCC2CC(=O)C3)cn1. The quantitative estimate of drug-likeness (QED) is 0.837. The first-order valence-corrected chi connectivity index (χ1v) is 7.17. The van der Waals surface area contributed by atoms with E-state index in [2.05, 4.69) is 16.0 Å². The van der Waals surface area contributed by atoms with Crippen molar-refractivity contribution in [2.75, 3.05) is 11.5 Å². The van der Waals surface area contributed by atoms with Crippen LogP contribution in [0, 0.1) is 0 Å². The van der Waals surface area contributed by atoms with E-state index in [0.717, 1.165) is 18.5 Å². The van der Waals surface area contributed by atoms with Crippen molar-refractivity contribution in [2.45, 2.75) is 51.1 Å². The molecule has 0 aliphatic carbocycles. The molecular formula is C15H20N2O2. The highest BCUT2D eigenvalue weighted by Crippen LogP contribution is 2.36. The number of hydrogen-bond donors (Lipinski definition) is 0. The molecule has 4 nitrogen and oxygen atoms in total. The normalized spacial score (nSPS) is 26.4. The maximum absolute atomic E-state index is 11.7. The van der Waals surface area contributed by atoms with Crippen LogP contribution in [0.1, 0.15) is 39.0 Å². The van der Waals surface area contributed by atoms with Gasteiger partial charge < -0.3 is 9.64 Å². The maximum atomic E-state index is 11.7. The second kappa shape index (κ2) is 5.19. The van der Waals surface area contributed by atoms with Crippen molar-refractivity contribution in [1.82, 2.24) is 4.98 Å². The number of ether oxygens (including phenoxy) is 1. The number of nitrogens with zero attached hydrogens (tertiary/aromatic N) is 2. The van der Waals surface area contributed by atoms with Crippen LogP contribution in [0.15, 0.2) is 18.3 Å². The van der Waals surface area contributed by atoms with Crippen molar-refractivity contribution in [3.63, 3.8) is 0 Å². The Morgan fingerprint density at radius 2 is 2.05 bits per heavy atom. The van der Waals surface area contributed by atoms with E-state index in [0.29, 0.717) is 43.2 Å². The summed E-state index contributed by atoms with van der Waals surface area (Å²) in [6.07, 6.45) is 6.76. The third-order valence-corrected chi connectivity index (χ3v) is 4.10. The van der Waals surface area contributed by atoms with Crippen molar-refractivity contribution in [3.8, 4) is 5.88 Å². The first-order chi connectivity index (χ1) is 9.28. The smallest absolute Gasteiger partial charge is 0.213 e. The van der Waals surface area contributed by atoms with Crippen LogP contribution in [-0.4, -0.2) is 29.5 Å². The van der Waals surface area contributed by atoms with Crippen molar-refractivity contribution >= 4 is 11.5 Å². The molecule has 2 aliphatic heterocycles. The Hall–Kier alpha value is -1.58. The number of fused-ring (bicyclic) bond motifs is 2. The fourth-order valence-electron chi connectivity index (χ4n) is 3.36. The molecule has 102 valence electrons. The van der Waals surface area contributed by atoms with E-state index in [1.807, 2.05) is 19.2 Å². The van der Waals surface area contributed by atoms with Crippen LogP contribution in [0.3, 0.4) is 0 Å². The van der Waals surface area contributed by atoms with Gasteiger partial charge in [0.05, 0.1) is 18.5 Å². The van der Waals surface area contributed by atoms with Gasteiger partial charge in [0.2, 0.25) is 5.88 Å². The molecule has 1 aromatic rings. The summed E-state index contributed by atoms with van der Waals surface area (Å²) in [6.45, 7) is 2.59. The molecule has 0 saturated carbocycles. The molecule has 0 aromatic carbocycles. The Morgan fingerprint density at radius 3 is 2.63 bits per heavy atom. The summed E-state index contributed by atoms with van der Waals surface area (Å²) in [5.41, 5.74) is 1.13. The van der Waals surface area contributed by atoms with Gasteiger partial charge in [0.1, 0.15) is 5.78 Å². The summed E-state index contributed by atoms with van der Waals surface area (Å²) >= 11 is 0. The van der Waals surface area contributed by atoms with Gasteiger partial charge in [0, 0.05) is 31.0 Å². The summed E-state index contributed by atoms with van der Waals surface area (Å²) in [5.74, 6) is 1.09. The topological polar surface area (TPSA) is 42.4 Å². The largest absolute Gasteiger partial charge is 0.478 e. The molecule has 2 aliphatic rings. The number of piperidine rings is 2. The van der Waals surface area contributed by atoms with Gasteiger partial charge in [-0.3, -0.25) is 4.79 Å². The van der Waals surface area contributed by atoms with Crippen LogP contribution in [0.2, 0.25) is 0 Å². The van der Waals surface area contributed by atoms with E-state index in [4.69, 9.17) is 4.74 Å². The highest BCUT2D eigenvalue weighted by molar-refractivity contribution is 5.82. The summed E-state index contributed by atoms with van der Waals surface area (Å²) < 4.78 is 5.38. The Labute approximate surface area is 113 Å². The molecule has 2 atom stereocenters. The third-order valence-electron chi connectivity index (χ3n) is 4.10. The number of aromatic nitrogens is 1. The molecule has 3 heterocycles. The van der Waals surface area contributed by atoms with E-state index in [1.54, 1.807) is 0 Å². The monoisotopic (exact) mass is 260 g/mol. The molecule has 2 saturated heterocycles. The molecule has 2 fully saturated rings. The minimum Gasteiger partial charge on any atom is -0.478 e. The molecule has 19 heavy (non-hydrogen) atoms. The third kappa shape index (κ3) is 2.44. The summed E-state index contributed by atoms with van der Waals surface area (Å²) in [5, 5.41) is 0. The Kier molecular flexibility index (Phi) is 3.40. The Bertz CT molecular complexity index is 442. The fraction of sp³-hybridized carbons (Fsp3) is 0.600. The predicted octanol–water partition coefficient (Wildman–Crippen LogP) is 2.57. The molecule has 2 unspecified atom stereocenters. The summed E-state index contributed by atoms with van der Waals surface area (Å²) in [4.78, 5) is 18.5. The highest BCUT2D eigenvalue weighted by Gasteiger charge is 2.37. The van der Waals surface area contributed by atoms with Gasteiger partial charge in [0.15, 0.2) is 0 Å². The van der Waals surface area contributed by atoms with Crippen LogP contribution in [0.25, 0.3) is 0 Å². The van der Waals surface area contributed by atoms with Gasteiger partial charge in [-0.2, -0.15) is 0 Å². The standard InChI is InChI=1S/C15H20N2O2/c1-2-19-15-7-6-13(10-16-15)17-11-4-3-5-12(17)9-14(18)8-11/h6-7,10-12H,2-5,8-9H2,1H3. The second-order valence-corrected chi connectivity index (χ2v) is 5.38. The van der Waals surface area contributed by atoms with E-state index >= 15 is 0 Å². The first-order valence-electron chi connectivity index (χ1n) is 7.17. The summed E-state index contributed by atoms with van der Waals surface area (Å²) in [7, 11) is 0. The number of carbonyl (C=O) groups is 1. The number of hydrogen-bond acceptors (Lipinski definition) is 4. The lowest BCUT2D eigenvalue weighted by molar-refractivity contribution is -0.121. The average Bonchev–Trinajstić information content (AvgIpc) is 2.39. The molecule has 0 N–H and O–H groups in total. The zero-order chi connectivity index (χ0) is 13.2. The van der Waals surface area contributed by atoms with Crippen LogP contribution in [0.4, 0.5) is 5.69 Å². The second-order valence-electron chi connectivity index (χ2n) is 5.38. The number of ketones is 1. The van der Waals surface area contributed by atoms with Gasteiger partial charge in [-0.25, -0.2) is 4.98 Å². The van der Waals surface area contributed by atoms with Crippen molar-refractivity contribution < 1.29 is 9.53 Å². The molecule has 3 rings (SSSR count). The minimum absolute atomic E-state index is 0.375. The van der Waals surface area contributed by atoms with E-state index < -0.39 is 0 Å². The molecule has 0 radical (unpaired) electrons. The lowest BCUT2D eigenvalue weighted by Gasteiger charge is -2.46. The molecule has 0 spiro atoms. The van der Waals surface area contributed by atoms with Crippen molar-refractivity contribution in [3.05, 3.63) is 18.3 Å². The van der Waals surface area contributed by atoms with E-state index in [1.165, 1.54) is 6.42 Å². The van der Waals surface area contributed by atoms with Gasteiger partial charge in [-0.15, -0.1) is 0 Å². The van der Waals surface area contributed by atoms with Crippen LogP contribution < -0.4 is 9.64 Å². The number of carbonyl (C=O) groups excluding carboxylic acids is 1. The van der Waals surface area contributed by atoms with Gasteiger partial charge >= 0.3 is 0 Å². The molecule has 1 aromatic heterocycles. The molecule has 4 heteroatoms. The zero-order valence-corrected chi connectivity index (χ0v) is 11.3. The molecule has 0 amide bonds. The number of anilines is 1. The van der Waals surface area contributed by atoms with Crippen LogP contribution >= 0.6 is 0 Å². The maximum Gasteiger partial charge on any atom is 0.213 e. The van der Waals surface area contributed by atoms with Crippen molar-refractivity contribution in [1.29, 1.82) is 0 Å². The van der Waals surface area contributed by atoms with E-state index in [-0.39, 0.29) is 0 Å².